The van der Waals surface area contributed by atoms with Crippen molar-refractivity contribution >= 4 is 34.6 Å². The number of hydrogen-bond acceptors (Lipinski definition) is 7. The molecule has 0 radical (unpaired) electrons. The first-order valence-corrected chi connectivity index (χ1v) is 7.78. The normalized spacial score (nSPS) is 18.1. The van der Waals surface area contributed by atoms with Crippen LogP contribution in [0.4, 0.5) is 0 Å². The molecule has 0 spiro atoms. The molecule has 1 atom stereocenters. The van der Waals surface area contributed by atoms with Crippen molar-refractivity contribution in [2.75, 3.05) is 6.61 Å². The van der Waals surface area contributed by atoms with Gasteiger partial charge >= 0.3 is 11.9 Å². The summed E-state index contributed by atoms with van der Waals surface area (Å²) in [6, 6.07) is 1.95. The van der Waals surface area contributed by atoms with E-state index >= 15 is 0 Å². The fourth-order valence-corrected chi connectivity index (χ4v) is 3.52. The van der Waals surface area contributed by atoms with E-state index in [1.807, 2.05) is 16.8 Å². The molecule has 5 nitrogen and oxygen atoms in total. The lowest BCUT2D eigenvalue weighted by molar-refractivity contribution is -0.145. The molecule has 3 rings (SSSR count). The Kier molecular flexibility index (Phi) is 3.54. The van der Waals surface area contributed by atoms with Crippen molar-refractivity contribution in [2.24, 2.45) is 0 Å². The second kappa shape index (κ2) is 5.34. The monoisotopic (exact) mass is 309 g/mol. The zero-order valence-electron chi connectivity index (χ0n) is 10.6. The van der Waals surface area contributed by atoms with Gasteiger partial charge in [-0.1, -0.05) is 0 Å². The number of aromatic nitrogens is 1. The third-order valence-electron chi connectivity index (χ3n) is 2.89. The number of hydrogen-bond donors (Lipinski definition) is 0. The molecule has 0 bridgehead atoms. The molecule has 0 saturated carbocycles. The standard InChI is InChI=1S/C13H11NO4S2/c1-7-10(13(16)18-9-2-4-17-12(9)15)20-11(14-7)8-3-5-19-6-8/h3,5-6,9H,2,4H2,1H3. The van der Waals surface area contributed by atoms with Crippen molar-refractivity contribution in [3.63, 3.8) is 0 Å². The summed E-state index contributed by atoms with van der Waals surface area (Å²) in [4.78, 5) is 28.2. The van der Waals surface area contributed by atoms with Crippen LogP contribution in [0.25, 0.3) is 10.6 Å². The molecule has 1 saturated heterocycles. The van der Waals surface area contributed by atoms with E-state index in [9.17, 15) is 9.59 Å². The second-order valence-electron chi connectivity index (χ2n) is 4.30. The van der Waals surface area contributed by atoms with E-state index in [1.165, 1.54) is 11.3 Å². The van der Waals surface area contributed by atoms with Crippen molar-refractivity contribution in [3.8, 4) is 10.6 Å². The summed E-state index contributed by atoms with van der Waals surface area (Å²) in [6.07, 6.45) is -0.367. The van der Waals surface area contributed by atoms with Crippen LogP contribution in [0.1, 0.15) is 21.8 Å². The van der Waals surface area contributed by atoms with E-state index < -0.39 is 18.0 Å². The summed E-state index contributed by atoms with van der Waals surface area (Å²) >= 11 is 2.85. The van der Waals surface area contributed by atoms with E-state index in [2.05, 4.69) is 4.98 Å². The Morgan fingerprint density at radius 1 is 1.55 bits per heavy atom. The van der Waals surface area contributed by atoms with Crippen molar-refractivity contribution < 1.29 is 19.1 Å². The van der Waals surface area contributed by atoms with Crippen LogP contribution < -0.4 is 0 Å². The van der Waals surface area contributed by atoms with E-state index in [0.717, 1.165) is 10.6 Å². The quantitative estimate of drug-likeness (QED) is 0.816. The summed E-state index contributed by atoms with van der Waals surface area (Å²) in [6.45, 7) is 2.06. The maximum Gasteiger partial charge on any atom is 0.351 e. The lowest BCUT2D eigenvalue weighted by Crippen LogP contribution is -2.22. The van der Waals surface area contributed by atoms with E-state index in [-0.39, 0.29) is 0 Å². The van der Waals surface area contributed by atoms with Crippen LogP contribution in [0.3, 0.4) is 0 Å². The molecule has 3 heterocycles. The highest BCUT2D eigenvalue weighted by Crippen LogP contribution is 2.30. The lowest BCUT2D eigenvalue weighted by Gasteiger charge is -2.06. The largest absolute Gasteiger partial charge is 0.463 e. The number of esters is 2. The molecule has 0 aromatic carbocycles. The molecule has 1 unspecified atom stereocenters. The van der Waals surface area contributed by atoms with E-state index in [4.69, 9.17) is 9.47 Å². The lowest BCUT2D eigenvalue weighted by atomic mass is 10.3. The van der Waals surface area contributed by atoms with Crippen LogP contribution in [-0.4, -0.2) is 29.6 Å². The second-order valence-corrected chi connectivity index (χ2v) is 6.07. The number of thiazole rings is 1. The van der Waals surface area contributed by atoms with Gasteiger partial charge in [0.15, 0.2) is 0 Å². The fourth-order valence-electron chi connectivity index (χ4n) is 1.86. The van der Waals surface area contributed by atoms with Gasteiger partial charge in [-0.05, 0) is 18.4 Å². The van der Waals surface area contributed by atoms with Crippen LogP contribution in [0.5, 0.6) is 0 Å². The van der Waals surface area contributed by atoms with Crippen molar-refractivity contribution in [1.29, 1.82) is 0 Å². The Labute approximate surface area is 123 Å². The van der Waals surface area contributed by atoms with Crippen molar-refractivity contribution in [1.82, 2.24) is 4.98 Å². The predicted octanol–water partition coefficient (Wildman–Crippen LogP) is 2.65. The van der Waals surface area contributed by atoms with Gasteiger partial charge in [-0.3, -0.25) is 0 Å². The number of carbonyl (C=O) groups excluding carboxylic acids is 2. The zero-order chi connectivity index (χ0) is 14.1. The SMILES string of the molecule is Cc1nc(-c2ccsc2)sc1C(=O)OC1CCOC1=O. The maximum absolute atomic E-state index is 12.1. The summed E-state index contributed by atoms with van der Waals surface area (Å²) in [5.41, 5.74) is 1.61. The minimum absolute atomic E-state index is 0.304. The topological polar surface area (TPSA) is 65.5 Å². The molecule has 0 aliphatic carbocycles. The molecule has 104 valence electrons. The number of rotatable bonds is 3. The van der Waals surface area contributed by atoms with Crippen LogP contribution in [0.2, 0.25) is 0 Å². The number of aryl methyl sites for hydroxylation is 1. The fraction of sp³-hybridized carbons (Fsp3) is 0.308. The van der Waals surface area contributed by atoms with Gasteiger partial charge in [0, 0.05) is 17.4 Å². The average Bonchev–Trinajstić information content (AvgIpc) is 3.11. The van der Waals surface area contributed by atoms with Gasteiger partial charge in [0.05, 0.1) is 12.3 Å². The number of nitrogens with zero attached hydrogens (tertiary/aromatic N) is 1. The first-order valence-electron chi connectivity index (χ1n) is 6.03. The molecule has 1 aliphatic heterocycles. The van der Waals surface area contributed by atoms with Crippen LogP contribution in [-0.2, 0) is 14.3 Å². The third kappa shape index (κ3) is 2.46. The molecule has 20 heavy (non-hydrogen) atoms. The molecular weight excluding hydrogens is 298 g/mol. The predicted molar refractivity (Wildman–Crippen MR) is 74.9 cm³/mol. The smallest absolute Gasteiger partial charge is 0.351 e. The Morgan fingerprint density at radius 3 is 3.05 bits per heavy atom. The number of thiophene rings is 1. The molecule has 7 heteroatoms. The molecule has 1 fully saturated rings. The maximum atomic E-state index is 12.1. The summed E-state index contributed by atoms with van der Waals surface area (Å²) in [7, 11) is 0. The minimum Gasteiger partial charge on any atom is -0.463 e. The van der Waals surface area contributed by atoms with Crippen molar-refractivity contribution in [2.45, 2.75) is 19.4 Å². The highest BCUT2D eigenvalue weighted by Gasteiger charge is 2.31. The van der Waals surface area contributed by atoms with Gasteiger partial charge in [0.25, 0.3) is 0 Å². The van der Waals surface area contributed by atoms with Gasteiger partial charge in [-0.15, -0.1) is 11.3 Å². The molecule has 1 aliphatic rings. The minimum atomic E-state index is -0.784. The Hall–Kier alpha value is -1.73. The number of cyclic esters (lactones) is 1. The highest BCUT2D eigenvalue weighted by molar-refractivity contribution is 7.17. The number of ether oxygens (including phenoxy) is 2. The summed E-state index contributed by atoms with van der Waals surface area (Å²) in [5, 5.41) is 4.71. The van der Waals surface area contributed by atoms with Crippen LogP contribution >= 0.6 is 22.7 Å². The van der Waals surface area contributed by atoms with E-state index in [1.54, 1.807) is 18.3 Å². The molecule has 0 N–H and O–H groups in total. The molecule has 0 amide bonds. The molecule has 2 aromatic heterocycles. The first-order chi connectivity index (χ1) is 9.65. The third-order valence-corrected chi connectivity index (χ3v) is 4.76. The van der Waals surface area contributed by atoms with Gasteiger partial charge in [0.2, 0.25) is 6.10 Å². The van der Waals surface area contributed by atoms with Crippen LogP contribution in [0.15, 0.2) is 16.8 Å². The van der Waals surface area contributed by atoms with E-state index in [0.29, 0.717) is 23.6 Å². The van der Waals surface area contributed by atoms with Gasteiger partial charge < -0.3 is 9.47 Å². The molecular formula is C13H11NO4S2. The highest BCUT2D eigenvalue weighted by atomic mass is 32.1. The zero-order valence-corrected chi connectivity index (χ0v) is 12.3. The van der Waals surface area contributed by atoms with Gasteiger partial charge in [-0.25, -0.2) is 14.6 Å². The first kappa shape index (κ1) is 13.3. The van der Waals surface area contributed by atoms with Crippen LogP contribution in [0, 0.1) is 6.92 Å². The van der Waals surface area contributed by atoms with Crippen molar-refractivity contribution in [3.05, 3.63) is 27.4 Å². The Bertz CT molecular complexity index is 647. The average molecular weight is 309 g/mol. The number of carbonyl (C=O) groups is 2. The summed E-state index contributed by atoms with van der Waals surface area (Å²) in [5.74, 6) is -0.982. The van der Waals surface area contributed by atoms with Gasteiger partial charge in [-0.2, -0.15) is 11.3 Å². The Balaban J connectivity index is 1.80. The van der Waals surface area contributed by atoms with Gasteiger partial charge in [0.1, 0.15) is 9.88 Å². The molecule has 2 aromatic rings. The summed E-state index contributed by atoms with van der Waals surface area (Å²) < 4.78 is 9.95. The Morgan fingerprint density at radius 2 is 2.40 bits per heavy atom.